The number of hydrogen-bond donors (Lipinski definition) is 0. The van der Waals surface area contributed by atoms with Crippen molar-refractivity contribution < 1.29 is 4.79 Å². The number of rotatable bonds is 2. The molecule has 0 saturated carbocycles. The quantitative estimate of drug-likeness (QED) is 0.845. The second-order valence-corrected chi connectivity index (χ2v) is 6.39. The maximum atomic E-state index is 12.3. The molecule has 1 aliphatic heterocycles. The van der Waals surface area contributed by atoms with Crippen LogP contribution in [0, 0.1) is 13.8 Å². The highest BCUT2D eigenvalue weighted by atomic mass is 32.1. The van der Waals surface area contributed by atoms with Crippen molar-refractivity contribution in [2.45, 2.75) is 26.3 Å². The summed E-state index contributed by atoms with van der Waals surface area (Å²) < 4.78 is 1.99. The molecule has 0 aliphatic carbocycles. The molecule has 1 aliphatic rings. The van der Waals surface area contributed by atoms with Crippen molar-refractivity contribution in [2.75, 3.05) is 13.1 Å². The highest BCUT2D eigenvalue weighted by Crippen LogP contribution is 2.25. The molecule has 1 atom stereocenters. The maximum absolute atomic E-state index is 12.3. The van der Waals surface area contributed by atoms with Gasteiger partial charge in [0.25, 0.3) is 5.91 Å². The standard InChI is InChI=1S/C14H17N3OS/c1-10-7-15-17(8-10)12-5-6-16(9-12)14(18)13-4-3-11(2)19-13/h3-4,7-8,12H,5-6,9H2,1-2H3. The molecule has 3 heterocycles. The Hall–Kier alpha value is -1.62. The lowest BCUT2D eigenvalue weighted by Crippen LogP contribution is -2.28. The number of aryl methyl sites for hydroxylation is 2. The van der Waals surface area contributed by atoms with Gasteiger partial charge in [-0.25, -0.2) is 0 Å². The van der Waals surface area contributed by atoms with Crippen LogP contribution in [0.15, 0.2) is 24.5 Å². The Labute approximate surface area is 116 Å². The number of aromatic nitrogens is 2. The van der Waals surface area contributed by atoms with Crippen molar-refractivity contribution in [3.63, 3.8) is 0 Å². The fourth-order valence-corrected chi connectivity index (χ4v) is 3.32. The first kappa shape index (κ1) is 12.4. The molecule has 4 nitrogen and oxygen atoms in total. The predicted octanol–water partition coefficient (Wildman–Crippen LogP) is 2.65. The van der Waals surface area contributed by atoms with Gasteiger partial charge in [0.05, 0.1) is 17.1 Å². The average molecular weight is 275 g/mol. The van der Waals surface area contributed by atoms with Gasteiger partial charge in [-0.15, -0.1) is 11.3 Å². The van der Waals surface area contributed by atoms with Gasteiger partial charge in [-0.05, 0) is 38.0 Å². The summed E-state index contributed by atoms with van der Waals surface area (Å²) in [5.74, 6) is 0.157. The summed E-state index contributed by atoms with van der Waals surface area (Å²) in [6.45, 7) is 5.65. The summed E-state index contributed by atoms with van der Waals surface area (Å²) in [5.41, 5.74) is 1.17. The summed E-state index contributed by atoms with van der Waals surface area (Å²) in [7, 11) is 0. The van der Waals surface area contributed by atoms with E-state index in [0.29, 0.717) is 6.04 Å². The van der Waals surface area contributed by atoms with E-state index in [2.05, 4.69) is 5.10 Å². The minimum absolute atomic E-state index is 0.157. The SMILES string of the molecule is Cc1cnn(C2CCN(C(=O)c3ccc(C)s3)C2)c1. The summed E-state index contributed by atoms with van der Waals surface area (Å²) in [4.78, 5) is 16.3. The van der Waals surface area contributed by atoms with E-state index in [1.165, 1.54) is 10.4 Å². The molecule has 0 aromatic carbocycles. The van der Waals surface area contributed by atoms with E-state index >= 15 is 0 Å². The lowest BCUT2D eigenvalue weighted by atomic mass is 10.3. The molecular weight excluding hydrogens is 258 g/mol. The van der Waals surface area contributed by atoms with E-state index in [1.54, 1.807) is 11.3 Å². The second-order valence-electron chi connectivity index (χ2n) is 5.10. The summed E-state index contributed by atoms with van der Waals surface area (Å²) in [5, 5.41) is 4.35. The van der Waals surface area contributed by atoms with E-state index in [4.69, 9.17) is 0 Å². The van der Waals surface area contributed by atoms with Crippen LogP contribution in [0.1, 0.15) is 32.6 Å². The largest absolute Gasteiger partial charge is 0.336 e. The van der Waals surface area contributed by atoms with Crippen LogP contribution in [0.5, 0.6) is 0 Å². The summed E-state index contributed by atoms with van der Waals surface area (Å²) in [6, 6.07) is 4.24. The number of amides is 1. The van der Waals surface area contributed by atoms with Crippen molar-refractivity contribution in [1.82, 2.24) is 14.7 Å². The highest BCUT2D eigenvalue weighted by Gasteiger charge is 2.28. The molecule has 100 valence electrons. The Morgan fingerprint density at radius 3 is 2.89 bits per heavy atom. The lowest BCUT2D eigenvalue weighted by Gasteiger charge is -2.15. The topological polar surface area (TPSA) is 38.1 Å². The maximum Gasteiger partial charge on any atom is 0.264 e. The molecule has 1 fully saturated rings. The van der Waals surface area contributed by atoms with Crippen LogP contribution in [0.25, 0.3) is 0 Å². The average Bonchev–Trinajstić information content (AvgIpc) is 3.07. The number of likely N-dealkylation sites (tertiary alicyclic amines) is 1. The Morgan fingerprint density at radius 2 is 2.26 bits per heavy atom. The zero-order valence-corrected chi connectivity index (χ0v) is 12.0. The van der Waals surface area contributed by atoms with Gasteiger partial charge in [0.15, 0.2) is 0 Å². The van der Waals surface area contributed by atoms with E-state index < -0.39 is 0 Å². The van der Waals surface area contributed by atoms with Gasteiger partial charge >= 0.3 is 0 Å². The van der Waals surface area contributed by atoms with Crippen LogP contribution in [-0.2, 0) is 0 Å². The monoisotopic (exact) mass is 275 g/mol. The third-order valence-corrected chi connectivity index (χ3v) is 4.50. The van der Waals surface area contributed by atoms with E-state index in [-0.39, 0.29) is 5.91 Å². The van der Waals surface area contributed by atoms with Crippen molar-refractivity contribution in [2.24, 2.45) is 0 Å². The molecule has 0 spiro atoms. The van der Waals surface area contributed by atoms with E-state index in [9.17, 15) is 4.79 Å². The third-order valence-electron chi connectivity index (χ3n) is 3.51. The van der Waals surface area contributed by atoms with Crippen LogP contribution in [0.2, 0.25) is 0 Å². The Balaban J connectivity index is 1.70. The lowest BCUT2D eigenvalue weighted by molar-refractivity contribution is 0.0792. The molecule has 5 heteroatoms. The zero-order valence-electron chi connectivity index (χ0n) is 11.2. The number of carbonyl (C=O) groups is 1. The van der Waals surface area contributed by atoms with Crippen LogP contribution < -0.4 is 0 Å². The zero-order chi connectivity index (χ0) is 13.4. The van der Waals surface area contributed by atoms with Crippen molar-refractivity contribution in [3.05, 3.63) is 39.8 Å². The fraction of sp³-hybridized carbons (Fsp3) is 0.429. The van der Waals surface area contributed by atoms with Crippen LogP contribution >= 0.6 is 11.3 Å². The Kier molecular flexibility index (Phi) is 3.14. The summed E-state index contributed by atoms with van der Waals surface area (Å²) >= 11 is 1.57. The Bertz CT molecular complexity index is 601. The van der Waals surface area contributed by atoms with Gasteiger partial charge in [-0.2, -0.15) is 5.10 Å². The molecule has 0 bridgehead atoms. The number of carbonyl (C=O) groups excluding carboxylic acids is 1. The minimum atomic E-state index is 0.157. The second kappa shape index (κ2) is 4.81. The van der Waals surface area contributed by atoms with Gasteiger partial charge in [0, 0.05) is 24.2 Å². The minimum Gasteiger partial charge on any atom is -0.336 e. The molecule has 0 N–H and O–H groups in total. The molecule has 1 unspecified atom stereocenters. The van der Waals surface area contributed by atoms with Gasteiger partial charge in [0.2, 0.25) is 0 Å². The molecule has 0 radical (unpaired) electrons. The van der Waals surface area contributed by atoms with Gasteiger partial charge in [-0.1, -0.05) is 0 Å². The van der Waals surface area contributed by atoms with E-state index in [0.717, 1.165) is 24.4 Å². The van der Waals surface area contributed by atoms with E-state index in [1.807, 2.05) is 48.0 Å². The van der Waals surface area contributed by atoms with Crippen LogP contribution in [0.4, 0.5) is 0 Å². The van der Waals surface area contributed by atoms with Crippen molar-refractivity contribution in [1.29, 1.82) is 0 Å². The highest BCUT2D eigenvalue weighted by molar-refractivity contribution is 7.13. The normalized spacial score (nSPS) is 19.1. The first-order valence-corrected chi connectivity index (χ1v) is 7.31. The molecule has 2 aromatic rings. The van der Waals surface area contributed by atoms with Crippen LogP contribution in [-0.4, -0.2) is 33.7 Å². The van der Waals surface area contributed by atoms with Gasteiger partial charge < -0.3 is 4.90 Å². The van der Waals surface area contributed by atoms with Crippen molar-refractivity contribution in [3.8, 4) is 0 Å². The van der Waals surface area contributed by atoms with Gasteiger partial charge in [-0.3, -0.25) is 9.48 Å². The number of thiophene rings is 1. The van der Waals surface area contributed by atoms with Crippen molar-refractivity contribution >= 4 is 17.2 Å². The molecular formula is C14H17N3OS. The Morgan fingerprint density at radius 1 is 1.42 bits per heavy atom. The number of nitrogens with zero attached hydrogens (tertiary/aromatic N) is 3. The van der Waals surface area contributed by atoms with Gasteiger partial charge in [0.1, 0.15) is 0 Å². The first-order valence-electron chi connectivity index (χ1n) is 6.50. The fourth-order valence-electron chi connectivity index (χ4n) is 2.48. The molecule has 1 saturated heterocycles. The number of hydrogen-bond acceptors (Lipinski definition) is 3. The van der Waals surface area contributed by atoms with Crippen LogP contribution in [0.3, 0.4) is 0 Å². The molecule has 3 rings (SSSR count). The first-order chi connectivity index (χ1) is 9.13. The third kappa shape index (κ3) is 2.42. The molecule has 19 heavy (non-hydrogen) atoms. The smallest absolute Gasteiger partial charge is 0.264 e. The molecule has 1 amide bonds. The predicted molar refractivity (Wildman–Crippen MR) is 75.6 cm³/mol. The molecule has 2 aromatic heterocycles. The summed E-state index contributed by atoms with van der Waals surface area (Å²) in [6.07, 6.45) is 4.90.